The van der Waals surface area contributed by atoms with E-state index in [9.17, 15) is 13.6 Å². The number of hydrogen-bond donors (Lipinski definition) is 0. The van der Waals surface area contributed by atoms with Crippen LogP contribution in [0.4, 0.5) is 14.6 Å². The lowest BCUT2D eigenvalue weighted by atomic mass is 10.2. The zero-order chi connectivity index (χ0) is 27.5. The molecule has 0 unspecified atom stereocenters. The first kappa shape index (κ1) is 27.5. The molecule has 0 radical (unpaired) electrons. The number of ether oxygens (including phenoxy) is 2. The molecule has 0 saturated carbocycles. The molecule has 5 rings (SSSR count). The molecule has 3 aliphatic heterocycles. The number of hydrogen-bond acceptors (Lipinski definition) is 8. The van der Waals surface area contributed by atoms with E-state index in [2.05, 4.69) is 28.3 Å². The molecule has 2 saturated heterocycles. The molecule has 39 heavy (non-hydrogen) atoms. The number of carbonyl (C=O) groups is 1. The van der Waals surface area contributed by atoms with Crippen molar-refractivity contribution in [3.8, 4) is 11.8 Å². The summed E-state index contributed by atoms with van der Waals surface area (Å²) in [7, 11) is 2.10. The van der Waals surface area contributed by atoms with Crippen molar-refractivity contribution in [1.29, 1.82) is 0 Å². The number of aromatic nitrogens is 2. The van der Waals surface area contributed by atoms with Gasteiger partial charge in [0, 0.05) is 68.0 Å². The lowest BCUT2D eigenvalue weighted by Crippen LogP contribution is -2.48. The number of nitrogens with zero attached hydrogens (tertiary/aromatic N) is 6. The molecule has 3 aliphatic rings. The van der Waals surface area contributed by atoms with Gasteiger partial charge in [0.25, 0.3) is 0 Å². The number of likely N-dealkylation sites (tertiary alicyclic amines) is 1. The van der Waals surface area contributed by atoms with Crippen molar-refractivity contribution < 1.29 is 23.0 Å². The van der Waals surface area contributed by atoms with Gasteiger partial charge in [0.15, 0.2) is 0 Å². The zero-order valence-electron chi connectivity index (χ0n) is 22.0. The summed E-state index contributed by atoms with van der Waals surface area (Å²) in [6.45, 7) is 5.86. The Labute approximate surface area is 231 Å². The summed E-state index contributed by atoms with van der Waals surface area (Å²) in [5, 5.41) is 0.364. The third kappa shape index (κ3) is 6.26. The molecule has 0 bridgehead atoms. The van der Waals surface area contributed by atoms with Gasteiger partial charge in [-0.25, -0.2) is 0 Å². The number of anilines is 1. The van der Waals surface area contributed by atoms with E-state index >= 15 is 0 Å². The summed E-state index contributed by atoms with van der Waals surface area (Å²) in [4.78, 5) is 30.0. The molecule has 9 nitrogen and oxygen atoms in total. The third-order valence-electron chi connectivity index (χ3n) is 7.62. The van der Waals surface area contributed by atoms with Crippen molar-refractivity contribution >= 4 is 23.3 Å². The van der Waals surface area contributed by atoms with E-state index in [0.29, 0.717) is 75.1 Å². The number of benzene rings is 1. The van der Waals surface area contributed by atoms with Gasteiger partial charge in [-0.3, -0.25) is 9.69 Å². The minimum Gasteiger partial charge on any atom is -0.462 e. The third-order valence-corrected chi connectivity index (χ3v) is 7.98. The number of amides is 1. The van der Waals surface area contributed by atoms with Crippen LogP contribution in [0.15, 0.2) is 30.9 Å². The Balaban J connectivity index is 1.38. The van der Waals surface area contributed by atoms with Crippen LogP contribution in [-0.2, 0) is 24.4 Å². The predicted molar refractivity (Wildman–Crippen MR) is 143 cm³/mol. The Morgan fingerprint density at radius 2 is 2.00 bits per heavy atom. The van der Waals surface area contributed by atoms with Crippen LogP contribution in [0.25, 0.3) is 0 Å². The second-order valence-corrected chi connectivity index (χ2v) is 10.5. The topological polar surface area (TPSA) is 74.3 Å². The van der Waals surface area contributed by atoms with Gasteiger partial charge in [-0.15, -0.1) is 0 Å². The summed E-state index contributed by atoms with van der Waals surface area (Å²) in [6.07, 6.45) is 3.55. The maximum absolute atomic E-state index is 13.0. The highest BCUT2D eigenvalue weighted by Crippen LogP contribution is 2.35. The summed E-state index contributed by atoms with van der Waals surface area (Å²) in [6, 6.07) is 5.41. The average molecular weight is 563 g/mol. The summed E-state index contributed by atoms with van der Waals surface area (Å²) in [5.41, 5.74) is 2.30. The summed E-state index contributed by atoms with van der Waals surface area (Å²) < 4.78 is 36.9. The van der Waals surface area contributed by atoms with Crippen LogP contribution in [0, 0.1) is 0 Å². The fourth-order valence-corrected chi connectivity index (χ4v) is 5.69. The first-order valence-corrected chi connectivity index (χ1v) is 13.5. The highest BCUT2D eigenvalue weighted by atomic mass is 35.5. The maximum Gasteiger partial charge on any atom is 0.387 e. The van der Waals surface area contributed by atoms with Gasteiger partial charge in [-0.05, 0) is 44.6 Å². The molecule has 0 spiro atoms. The second-order valence-electron chi connectivity index (χ2n) is 10.1. The fourth-order valence-electron chi connectivity index (χ4n) is 5.47. The number of likely N-dealkylation sites (N-methyl/N-ethyl adjacent to an activating group) is 1. The van der Waals surface area contributed by atoms with Crippen LogP contribution >= 0.6 is 11.6 Å². The molecule has 2 aromatic rings. The highest BCUT2D eigenvalue weighted by molar-refractivity contribution is 6.31. The largest absolute Gasteiger partial charge is 0.462 e. The van der Waals surface area contributed by atoms with Gasteiger partial charge in [0.05, 0.1) is 5.69 Å². The van der Waals surface area contributed by atoms with Crippen molar-refractivity contribution in [3.63, 3.8) is 0 Å². The fraction of sp³-hybridized carbons (Fsp3) is 0.519. The molecule has 0 N–H and O–H groups in total. The smallest absolute Gasteiger partial charge is 0.387 e. The quantitative estimate of drug-likeness (QED) is 0.430. The van der Waals surface area contributed by atoms with Crippen molar-refractivity contribution in [2.24, 2.45) is 0 Å². The molecule has 210 valence electrons. The molecular weight excluding hydrogens is 530 g/mol. The van der Waals surface area contributed by atoms with Crippen LogP contribution < -0.4 is 14.4 Å². The lowest BCUT2D eigenvalue weighted by molar-refractivity contribution is -0.126. The van der Waals surface area contributed by atoms with Crippen LogP contribution in [0.5, 0.6) is 11.8 Å². The van der Waals surface area contributed by atoms with E-state index in [1.54, 1.807) is 17.0 Å². The Morgan fingerprint density at radius 1 is 1.21 bits per heavy atom. The second kappa shape index (κ2) is 12.0. The van der Waals surface area contributed by atoms with Crippen LogP contribution in [0.3, 0.4) is 0 Å². The first-order chi connectivity index (χ1) is 18.8. The van der Waals surface area contributed by atoms with E-state index in [1.807, 2.05) is 0 Å². The molecule has 2 fully saturated rings. The van der Waals surface area contributed by atoms with Crippen molar-refractivity contribution in [1.82, 2.24) is 24.7 Å². The minimum absolute atomic E-state index is 0.0625. The molecule has 1 aromatic carbocycles. The molecule has 4 heterocycles. The van der Waals surface area contributed by atoms with Gasteiger partial charge >= 0.3 is 12.6 Å². The van der Waals surface area contributed by atoms with Gasteiger partial charge < -0.3 is 24.2 Å². The lowest BCUT2D eigenvalue weighted by Gasteiger charge is -2.35. The Hall–Kier alpha value is -3.02. The van der Waals surface area contributed by atoms with Crippen LogP contribution in [0.1, 0.15) is 29.7 Å². The van der Waals surface area contributed by atoms with E-state index in [4.69, 9.17) is 31.0 Å². The summed E-state index contributed by atoms with van der Waals surface area (Å²) >= 11 is 6.40. The van der Waals surface area contributed by atoms with Crippen molar-refractivity contribution in [2.45, 2.75) is 45.1 Å². The normalized spacial score (nSPS) is 20.0. The SMILES string of the molecule is C=CC(=O)N1CCN(c2nc(OC[C@@H]3CCCN3C)nc3c2CN(Cc2c(Cl)cccc2OC(F)F)C3)CC1. The van der Waals surface area contributed by atoms with Crippen LogP contribution in [0.2, 0.25) is 5.02 Å². The highest BCUT2D eigenvalue weighted by Gasteiger charge is 2.31. The number of rotatable bonds is 9. The Bertz CT molecular complexity index is 1210. The zero-order valence-corrected chi connectivity index (χ0v) is 22.7. The molecular formula is C27H33ClF2N6O3. The number of carbonyl (C=O) groups excluding carboxylic acids is 1. The van der Waals surface area contributed by atoms with Gasteiger partial charge in [0.2, 0.25) is 5.91 Å². The Kier molecular flexibility index (Phi) is 8.49. The van der Waals surface area contributed by atoms with E-state index < -0.39 is 6.61 Å². The number of halogens is 3. The van der Waals surface area contributed by atoms with Crippen molar-refractivity contribution in [3.05, 3.63) is 52.7 Å². The van der Waals surface area contributed by atoms with E-state index in [0.717, 1.165) is 36.5 Å². The molecule has 12 heteroatoms. The van der Waals surface area contributed by atoms with E-state index in [1.165, 1.54) is 12.1 Å². The minimum atomic E-state index is -2.94. The van der Waals surface area contributed by atoms with Gasteiger partial charge in [0.1, 0.15) is 18.2 Å². The number of piperazine rings is 1. The number of fused-ring (bicyclic) bond motifs is 1. The van der Waals surface area contributed by atoms with Gasteiger partial charge in [-0.1, -0.05) is 24.2 Å². The molecule has 1 aromatic heterocycles. The molecule has 0 aliphatic carbocycles. The maximum atomic E-state index is 13.0. The molecule has 1 atom stereocenters. The Morgan fingerprint density at radius 3 is 2.69 bits per heavy atom. The standard InChI is InChI=1S/C27H33ClF2N6O3/c1-3-24(37)35-10-12-36(13-11-35)25-20-15-34(14-19-21(28)7-4-8-23(19)39-26(29)30)16-22(20)31-27(32-25)38-17-18-6-5-9-33(18)2/h3-4,7-8,18,26H,1,5-6,9-17H2,2H3/t18-/m0/s1. The monoisotopic (exact) mass is 562 g/mol. The van der Waals surface area contributed by atoms with Crippen LogP contribution in [-0.4, -0.2) is 89.6 Å². The van der Waals surface area contributed by atoms with Gasteiger partial charge in [-0.2, -0.15) is 18.7 Å². The van der Waals surface area contributed by atoms with Crippen molar-refractivity contribution in [2.75, 3.05) is 51.3 Å². The average Bonchev–Trinajstić information content (AvgIpc) is 3.53. The predicted octanol–water partition coefficient (Wildman–Crippen LogP) is 3.55. The summed E-state index contributed by atoms with van der Waals surface area (Å²) in [5.74, 6) is 0.763. The first-order valence-electron chi connectivity index (χ1n) is 13.2. The van der Waals surface area contributed by atoms with E-state index in [-0.39, 0.29) is 11.7 Å². The molecule has 1 amide bonds. The number of alkyl halides is 2.